The molecule has 5 rings (SSSR count). The van der Waals surface area contributed by atoms with E-state index in [1.807, 2.05) is 24.3 Å². The molecular formula is C30H29N3O5S. The molecular weight excluding hydrogens is 514 g/mol. The molecule has 2 aliphatic heterocycles. The third-order valence-corrected chi connectivity index (χ3v) is 8.01. The standard InChI is InChI=1S/C30H29N3O5S/c1-7-38-28(37)22-16(2)31-29-33(24(22)18-12-14-19(15-13-18)30(4,5)6)27(36)25(39-29)23-20-10-8-9-11-21(20)32(17(3)34)26(23)35/h8-15,24H,7H2,1-6H3/t24-/m0/s1. The number of hydrogen-bond acceptors (Lipinski definition) is 7. The smallest absolute Gasteiger partial charge is 0.338 e. The number of ether oxygens (including phenoxy) is 1. The molecule has 2 aromatic carbocycles. The van der Waals surface area contributed by atoms with Crippen LogP contribution in [0, 0.1) is 0 Å². The first kappa shape index (κ1) is 26.5. The van der Waals surface area contributed by atoms with E-state index in [1.54, 1.807) is 38.1 Å². The Balaban J connectivity index is 1.80. The molecule has 39 heavy (non-hydrogen) atoms. The van der Waals surface area contributed by atoms with Crippen LogP contribution in [0.1, 0.15) is 64.3 Å². The van der Waals surface area contributed by atoms with E-state index in [2.05, 4.69) is 25.8 Å². The van der Waals surface area contributed by atoms with Crippen molar-refractivity contribution in [2.45, 2.75) is 53.0 Å². The topological polar surface area (TPSA) is 98.0 Å². The number of thiazole rings is 1. The predicted octanol–water partition coefficient (Wildman–Crippen LogP) is 3.36. The van der Waals surface area contributed by atoms with Crippen LogP contribution in [0.15, 0.2) is 69.6 Å². The minimum atomic E-state index is -0.792. The molecule has 3 aromatic rings. The number of carbonyl (C=O) groups is 3. The van der Waals surface area contributed by atoms with Gasteiger partial charge in [0.25, 0.3) is 11.5 Å². The van der Waals surface area contributed by atoms with E-state index in [4.69, 9.17) is 4.74 Å². The molecule has 8 nitrogen and oxygen atoms in total. The molecule has 0 radical (unpaired) electrons. The lowest BCUT2D eigenvalue weighted by atomic mass is 9.85. The number of rotatable bonds is 3. The van der Waals surface area contributed by atoms with Crippen LogP contribution in [0.2, 0.25) is 0 Å². The molecule has 2 aliphatic rings. The number of fused-ring (bicyclic) bond motifs is 2. The highest BCUT2D eigenvalue weighted by Gasteiger charge is 2.38. The molecule has 1 aromatic heterocycles. The van der Waals surface area contributed by atoms with Crippen LogP contribution in [0.5, 0.6) is 0 Å². The minimum Gasteiger partial charge on any atom is -0.463 e. The van der Waals surface area contributed by atoms with E-state index >= 15 is 0 Å². The van der Waals surface area contributed by atoms with Gasteiger partial charge < -0.3 is 4.74 Å². The van der Waals surface area contributed by atoms with Crippen molar-refractivity contribution >= 4 is 40.4 Å². The summed E-state index contributed by atoms with van der Waals surface area (Å²) >= 11 is 1.08. The van der Waals surface area contributed by atoms with Crippen molar-refractivity contribution in [2.24, 2.45) is 4.99 Å². The summed E-state index contributed by atoms with van der Waals surface area (Å²) in [5.41, 5.74) is 3.12. The summed E-state index contributed by atoms with van der Waals surface area (Å²) in [7, 11) is 0. The first-order valence-electron chi connectivity index (χ1n) is 12.7. The predicted molar refractivity (Wildman–Crippen MR) is 149 cm³/mol. The Labute approximate surface area is 229 Å². The first-order chi connectivity index (χ1) is 18.5. The summed E-state index contributed by atoms with van der Waals surface area (Å²) in [6.45, 7) is 11.3. The van der Waals surface area contributed by atoms with Gasteiger partial charge in [-0.2, -0.15) is 0 Å². The number of amides is 2. The molecule has 3 heterocycles. The van der Waals surface area contributed by atoms with E-state index in [-0.39, 0.29) is 27.7 Å². The zero-order valence-electron chi connectivity index (χ0n) is 22.7. The van der Waals surface area contributed by atoms with E-state index in [0.717, 1.165) is 27.4 Å². The third kappa shape index (κ3) is 4.27. The number of imide groups is 1. The number of allylic oxidation sites excluding steroid dienone is 1. The lowest BCUT2D eigenvalue weighted by Crippen LogP contribution is -2.41. The number of hydrogen-bond donors (Lipinski definition) is 0. The van der Waals surface area contributed by atoms with E-state index < -0.39 is 29.4 Å². The monoisotopic (exact) mass is 543 g/mol. The van der Waals surface area contributed by atoms with Crippen molar-refractivity contribution in [3.05, 3.63) is 96.2 Å². The van der Waals surface area contributed by atoms with E-state index in [9.17, 15) is 19.2 Å². The Kier molecular flexibility index (Phi) is 6.50. The quantitative estimate of drug-likeness (QED) is 0.472. The summed E-state index contributed by atoms with van der Waals surface area (Å²) < 4.78 is 7.01. The lowest BCUT2D eigenvalue weighted by Gasteiger charge is -2.26. The minimum absolute atomic E-state index is 0.0802. The van der Waals surface area contributed by atoms with Crippen LogP contribution < -0.4 is 19.8 Å². The van der Waals surface area contributed by atoms with E-state index in [1.165, 1.54) is 11.5 Å². The van der Waals surface area contributed by atoms with Gasteiger partial charge >= 0.3 is 5.97 Å². The molecule has 2 amide bonds. The Morgan fingerprint density at radius 3 is 2.33 bits per heavy atom. The summed E-state index contributed by atoms with van der Waals surface area (Å²) in [4.78, 5) is 59.2. The highest BCUT2D eigenvalue weighted by molar-refractivity contribution is 7.07. The maximum Gasteiger partial charge on any atom is 0.338 e. The van der Waals surface area contributed by atoms with Crippen LogP contribution in [-0.2, 0) is 24.5 Å². The van der Waals surface area contributed by atoms with Crippen molar-refractivity contribution in [3.63, 3.8) is 0 Å². The number of aromatic nitrogens is 1. The van der Waals surface area contributed by atoms with Gasteiger partial charge in [-0.15, -0.1) is 0 Å². The molecule has 9 heteroatoms. The zero-order valence-corrected chi connectivity index (χ0v) is 23.5. The SMILES string of the molecule is CCOC(=O)C1=C(C)N=c2sc(=C3C(=O)N(C(C)=O)c4ccccc43)c(=O)n2[C@H]1c1ccc(C(C)(C)C)cc1. The Bertz CT molecular complexity index is 1750. The van der Waals surface area contributed by atoms with Gasteiger partial charge in [0.2, 0.25) is 5.91 Å². The van der Waals surface area contributed by atoms with Crippen LogP contribution in [0.4, 0.5) is 5.69 Å². The third-order valence-electron chi connectivity index (χ3n) is 6.96. The molecule has 0 unspecified atom stereocenters. The van der Waals surface area contributed by atoms with Crippen LogP contribution in [0.3, 0.4) is 0 Å². The molecule has 200 valence electrons. The van der Waals surface area contributed by atoms with Crippen molar-refractivity contribution < 1.29 is 19.1 Å². The average Bonchev–Trinajstić information content (AvgIpc) is 3.35. The van der Waals surface area contributed by atoms with Gasteiger partial charge in [-0.1, -0.05) is 74.6 Å². The largest absolute Gasteiger partial charge is 0.463 e. The maximum absolute atomic E-state index is 14.1. The van der Waals surface area contributed by atoms with Gasteiger partial charge in [-0.05, 0) is 36.5 Å². The van der Waals surface area contributed by atoms with Gasteiger partial charge in [0.15, 0.2) is 4.80 Å². The fraction of sp³-hybridized carbons (Fsp3) is 0.300. The molecule has 0 bridgehead atoms. The second-order valence-electron chi connectivity index (χ2n) is 10.5. The fourth-order valence-corrected chi connectivity index (χ4v) is 6.21. The molecule has 0 saturated carbocycles. The number of nitrogens with zero attached hydrogens (tertiary/aromatic N) is 3. The van der Waals surface area contributed by atoms with Gasteiger partial charge in [-0.25, -0.2) is 14.7 Å². The lowest BCUT2D eigenvalue weighted by molar-refractivity contribution is -0.139. The number of carbonyl (C=O) groups excluding carboxylic acids is 3. The Morgan fingerprint density at radius 1 is 1.05 bits per heavy atom. The van der Waals surface area contributed by atoms with Crippen LogP contribution in [-0.4, -0.2) is 29.0 Å². The second kappa shape index (κ2) is 9.57. The van der Waals surface area contributed by atoms with Crippen molar-refractivity contribution in [3.8, 4) is 0 Å². The first-order valence-corrected chi connectivity index (χ1v) is 13.5. The van der Waals surface area contributed by atoms with Gasteiger partial charge in [-0.3, -0.25) is 19.0 Å². The summed E-state index contributed by atoms with van der Waals surface area (Å²) in [6, 6.07) is 13.9. The number of anilines is 1. The highest BCUT2D eigenvalue weighted by Crippen LogP contribution is 2.36. The zero-order chi connectivity index (χ0) is 28.2. The molecule has 0 fully saturated rings. The molecule has 0 N–H and O–H groups in total. The Morgan fingerprint density at radius 2 is 1.72 bits per heavy atom. The van der Waals surface area contributed by atoms with Gasteiger partial charge in [0.1, 0.15) is 4.53 Å². The van der Waals surface area contributed by atoms with Crippen molar-refractivity contribution in [1.29, 1.82) is 0 Å². The fourth-order valence-electron chi connectivity index (χ4n) is 5.07. The number of para-hydroxylation sites is 1. The van der Waals surface area contributed by atoms with Gasteiger partial charge in [0.05, 0.1) is 35.2 Å². The summed E-state index contributed by atoms with van der Waals surface area (Å²) in [6.07, 6.45) is 0. The van der Waals surface area contributed by atoms with E-state index in [0.29, 0.717) is 21.7 Å². The highest BCUT2D eigenvalue weighted by atomic mass is 32.1. The molecule has 0 saturated heterocycles. The average molecular weight is 544 g/mol. The molecule has 0 aliphatic carbocycles. The van der Waals surface area contributed by atoms with Crippen LogP contribution >= 0.6 is 11.3 Å². The van der Waals surface area contributed by atoms with Crippen molar-refractivity contribution in [2.75, 3.05) is 11.5 Å². The Hall–Kier alpha value is -4.11. The maximum atomic E-state index is 14.1. The molecule has 0 spiro atoms. The normalized spacial score (nSPS) is 18.1. The molecule has 1 atom stereocenters. The summed E-state index contributed by atoms with van der Waals surface area (Å²) in [5, 5.41) is 0. The number of esters is 1. The summed E-state index contributed by atoms with van der Waals surface area (Å²) in [5.74, 6) is -1.54. The second-order valence-corrected chi connectivity index (χ2v) is 11.5. The van der Waals surface area contributed by atoms with Crippen molar-refractivity contribution in [1.82, 2.24) is 4.57 Å². The number of benzene rings is 2. The van der Waals surface area contributed by atoms with Crippen LogP contribution in [0.25, 0.3) is 5.57 Å². The van der Waals surface area contributed by atoms with Gasteiger partial charge in [0, 0.05) is 12.5 Å².